The molecule has 1 aliphatic rings. The molecule has 2 atom stereocenters. The fourth-order valence-corrected chi connectivity index (χ4v) is 4.15. The zero-order valence-electron chi connectivity index (χ0n) is 22.5. The molecule has 0 radical (unpaired) electrons. The number of ether oxygens (including phenoxy) is 1. The normalized spacial score (nSPS) is 14.5. The van der Waals surface area contributed by atoms with Gasteiger partial charge in [-0.25, -0.2) is 0 Å². The molecular weight excluding hydrogens is 502 g/mol. The van der Waals surface area contributed by atoms with Gasteiger partial charge in [0.25, 0.3) is 0 Å². The molecule has 39 heavy (non-hydrogen) atoms. The van der Waals surface area contributed by atoms with Gasteiger partial charge in [0.05, 0.1) is 0 Å². The van der Waals surface area contributed by atoms with Crippen molar-refractivity contribution in [2.75, 3.05) is 39.3 Å². The van der Waals surface area contributed by atoms with Crippen LogP contribution in [-0.4, -0.2) is 90.9 Å². The Bertz CT molecular complexity index is 1020. The van der Waals surface area contributed by atoms with Crippen LogP contribution in [0, 0.1) is 5.41 Å². The number of hydrogen-bond acceptors (Lipinski definition) is 6. The molecule has 13 heteroatoms. The van der Waals surface area contributed by atoms with E-state index in [2.05, 4.69) is 22.2 Å². The topological polar surface area (TPSA) is 205 Å². The van der Waals surface area contributed by atoms with Gasteiger partial charge in [0.1, 0.15) is 24.4 Å². The maximum atomic E-state index is 13.4. The predicted octanol–water partition coefficient (Wildman–Crippen LogP) is -0.735. The first-order valence-electron chi connectivity index (χ1n) is 12.9. The van der Waals surface area contributed by atoms with Crippen molar-refractivity contribution >= 4 is 29.6 Å². The largest absolute Gasteiger partial charge is 0.490 e. The van der Waals surface area contributed by atoms with Crippen molar-refractivity contribution in [3.63, 3.8) is 0 Å². The van der Waals surface area contributed by atoms with E-state index in [1.807, 2.05) is 12.1 Å². The van der Waals surface area contributed by atoms with Crippen LogP contribution >= 0.6 is 0 Å². The minimum Gasteiger partial charge on any atom is -0.490 e. The summed E-state index contributed by atoms with van der Waals surface area (Å²) in [5.41, 5.74) is 17.1. The van der Waals surface area contributed by atoms with Crippen molar-refractivity contribution in [3.05, 3.63) is 42.5 Å². The Kier molecular flexibility index (Phi) is 12.6. The highest BCUT2D eigenvalue weighted by molar-refractivity contribution is 5.92. The molecule has 2 rings (SSSR count). The predicted molar refractivity (Wildman–Crippen MR) is 150 cm³/mol. The van der Waals surface area contributed by atoms with Crippen LogP contribution in [0.25, 0.3) is 0 Å². The molecule has 0 spiro atoms. The zero-order chi connectivity index (χ0) is 28.8. The summed E-state index contributed by atoms with van der Waals surface area (Å²) in [6, 6.07) is 5.53. The van der Waals surface area contributed by atoms with Gasteiger partial charge in [-0.3, -0.25) is 24.8 Å². The van der Waals surface area contributed by atoms with Crippen LogP contribution in [0.5, 0.6) is 5.75 Å². The van der Waals surface area contributed by atoms with E-state index in [0.29, 0.717) is 64.3 Å². The summed E-state index contributed by atoms with van der Waals surface area (Å²) in [5.74, 6) is -0.416. The van der Waals surface area contributed by atoms with E-state index in [0.717, 1.165) is 5.56 Å². The van der Waals surface area contributed by atoms with Gasteiger partial charge in [-0.2, -0.15) is 0 Å². The average molecular weight is 544 g/mol. The van der Waals surface area contributed by atoms with Crippen molar-refractivity contribution in [3.8, 4) is 5.75 Å². The van der Waals surface area contributed by atoms with Crippen LogP contribution in [0.3, 0.4) is 0 Å². The Labute approximate surface area is 229 Å². The standard InChI is InChI=1S/C26H41N9O4/c1-3-16-39-20-9-7-19(8-10-20)17-22(32-18(2)36)23(37)33-21(6-4-5-11-31-25(27)28)24(38)34-12-14-35(15-13-34)26(29)30/h3,7-10,21-22H,1,4-6,11-17H2,2H3,(H3,29,30)(H,32,36)(H,33,37)(H4,27,28,31)/t21-,22-/m0/s1. The van der Waals surface area contributed by atoms with Crippen LogP contribution in [0.1, 0.15) is 31.7 Å². The number of aliphatic imine (C=N–C) groups is 1. The summed E-state index contributed by atoms with van der Waals surface area (Å²) < 4.78 is 5.50. The number of nitrogens with zero attached hydrogens (tertiary/aromatic N) is 3. The molecule has 1 aliphatic heterocycles. The summed E-state index contributed by atoms with van der Waals surface area (Å²) in [4.78, 5) is 46.0. The Morgan fingerprint density at radius 1 is 1.05 bits per heavy atom. The molecule has 0 unspecified atom stereocenters. The molecule has 1 heterocycles. The third kappa shape index (κ3) is 10.9. The number of carbonyl (C=O) groups excluding carboxylic acids is 3. The van der Waals surface area contributed by atoms with E-state index in [9.17, 15) is 14.4 Å². The van der Waals surface area contributed by atoms with E-state index in [1.165, 1.54) is 6.92 Å². The Hall–Kier alpha value is -4.29. The number of amides is 3. The van der Waals surface area contributed by atoms with Crippen LogP contribution in [0.15, 0.2) is 41.9 Å². The number of nitrogens with one attached hydrogen (secondary N) is 3. The van der Waals surface area contributed by atoms with Crippen LogP contribution in [0.2, 0.25) is 0 Å². The van der Waals surface area contributed by atoms with Crippen molar-refractivity contribution in [2.24, 2.45) is 22.2 Å². The molecule has 1 fully saturated rings. The number of unbranched alkanes of at least 4 members (excludes halogenated alkanes) is 1. The third-order valence-electron chi connectivity index (χ3n) is 6.17. The number of benzene rings is 1. The van der Waals surface area contributed by atoms with E-state index in [4.69, 9.17) is 27.3 Å². The molecule has 13 nitrogen and oxygen atoms in total. The summed E-state index contributed by atoms with van der Waals surface area (Å²) in [5, 5.41) is 13.2. The lowest BCUT2D eigenvalue weighted by molar-refractivity contribution is -0.138. The Morgan fingerprint density at radius 2 is 1.69 bits per heavy atom. The fraction of sp³-hybridized carbons (Fsp3) is 0.500. The smallest absolute Gasteiger partial charge is 0.245 e. The molecule has 0 bridgehead atoms. The monoisotopic (exact) mass is 543 g/mol. The lowest BCUT2D eigenvalue weighted by Gasteiger charge is -2.37. The Morgan fingerprint density at radius 3 is 2.26 bits per heavy atom. The van der Waals surface area contributed by atoms with Gasteiger partial charge in [0, 0.05) is 46.1 Å². The molecule has 0 saturated carbocycles. The van der Waals surface area contributed by atoms with Crippen LogP contribution in [0.4, 0.5) is 0 Å². The Balaban J connectivity index is 2.12. The van der Waals surface area contributed by atoms with Crippen LogP contribution < -0.4 is 32.6 Å². The van der Waals surface area contributed by atoms with Crippen LogP contribution in [-0.2, 0) is 20.8 Å². The first-order valence-corrected chi connectivity index (χ1v) is 12.9. The quantitative estimate of drug-likeness (QED) is 0.0761. The minimum atomic E-state index is -0.881. The first-order chi connectivity index (χ1) is 18.6. The number of nitrogens with two attached hydrogens (primary N) is 3. The second-order valence-electron chi connectivity index (χ2n) is 9.26. The second-order valence-corrected chi connectivity index (χ2v) is 9.26. The molecular formula is C26H41N9O4. The van der Waals surface area contributed by atoms with E-state index < -0.39 is 18.0 Å². The maximum Gasteiger partial charge on any atom is 0.245 e. The highest BCUT2D eigenvalue weighted by Crippen LogP contribution is 2.15. The maximum absolute atomic E-state index is 13.4. The molecule has 0 aliphatic carbocycles. The number of hydrogen-bond donors (Lipinski definition) is 6. The third-order valence-corrected chi connectivity index (χ3v) is 6.17. The molecule has 0 aromatic heterocycles. The molecule has 1 saturated heterocycles. The molecule has 1 aromatic rings. The van der Waals surface area contributed by atoms with Gasteiger partial charge in [-0.1, -0.05) is 24.8 Å². The van der Waals surface area contributed by atoms with Crippen molar-refractivity contribution in [1.82, 2.24) is 20.4 Å². The SMILES string of the molecule is C=CCOc1ccc(C[C@H](NC(C)=O)C(=O)N[C@@H](CCCCN=C(N)N)C(=O)N2CCN(C(=N)N)CC2)cc1. The summed E-state index contributed by atoms with van der Waals surface area (Å²) in [6.07, 6.45) is 3.48. The molecule has 3 amide bonds. The van der Waals surface area contributed by atoms with E-state index >= 15 is 0 Å². The average Bonchev–Trinajstić information content (AvgIpc) is 2.90. The lowest BCUT2D eigenvalue weighted by atomic mass is 10.0. The van der Waals surface area contributed by atoms with Crippen molar-refractivity contribution in [2.45, 2.75) is 44.7 Å². The first kappa shape index (κ1) is 30.9. The lowest BCUT2D eigenvalue weighted by Crippen LogP contribution is -2.58. The second kappa shape index (κ2) is 15.8. The highest BCUT2D eigenvalue weighted by atomic mass is 16.5. The summed E-state index contributed by atoms with van der Waals surface area (Å²) in [7, 11) is 0. The van der Waals surface area contributed by atoms with Gasteiger partial charge >= 0.3 is 0 Å². The number of piperazine rings is 1. The molecule has 214 valence electrons. The van der Waals surface area contributed by atoms with E-state index in [1.54, 1.807) is 28.0 Å². The van der Waals surface area contributed by atoms with Gasteiger partial charge in [0.15, 0.2) is 11.9 Å². The van der Waals surface area contributed by atoms with Crippen molar-refractivity contribution in [1.29, 1.82) is 5.41 Å². The number of guanidine groups is 2. The fourth-order valence-electron chi connectivity index (χ4n) is 4.15. The number of rotatable bonds is 14. The zero-order valence-corrected chi connectivity index (χ0v) is 22.5. The van der Waals surface area contributed by atoms with Gasteiger partial charge < -0.3 is 42.4 Å². The minimum absolute atomic E-state index is 0.00211. The highest BCUT2D eigenvalue weighted by Gasteiger charge is 2.31. The molecule has 9 N–H and O–H groups in total. The number of carbonyl (C=O) groups is 3. The molecule has 1 aromatic carbocycles. The van der Waals surface area contributed by atoms with Gasteiger partial charge in [-0.15, -0.1) is 0 Å². The van der Waals surface area contributed by atoms with Gasteiger partial charge in [-0.05, 0) is 37.0 Å². The van der Waals surface area contributed by atoms with Crippen molar-refractivity contribution < 1.29 is 19.1 Å². The van der Waals surface area contributed by atoms with Gasteiger partial charge in [0.2, 0.25) is 17.7 Å². The summed E-state index contributed by atoms with van der Waals surface area (Å²) in [6.45, 7) is 7.39. The van der Waals surface area contributed by atoms with E-state index in [-0.39, 0.29) is 30.2 Å². The summed E-state index contributed by atoms with van der Waals surface area (Å²) >= 11 is 0.